The molecule has 0 aliphatic heterocycles. The molecule has 0 saturated carbocycles. The molecule has 0 aliphatic rings. The zero-order valence-electron chi connectivity index (χ0n) is 24.3. The number of Topliss-reactive ketones (excluding diaryl/α,β-unsaturated/α-hetero) is 1. The molecule has 2 aromatic heterocycles. The summed E-state index contributed by atoms with van der Waals surface area (Å²) in [5, 5.41) is 3.09. The van der Waals surface area contributed by atoms with E-state index in [9.17, 15) is 14.4 Å². The molecule has 0 saturated heterocycles. The zero-order chi connectivity index (χ0) is 28.7. The third-order valence-corrected chi connectivity index (χ3v) is 6.93. The Kier molecular flexibility index (Phi) is 10.4. The second-order valence-electron chi connectivity index (χ2n) is 11.2. The van der Waals surface area contributed by atoms with E-state index >= 15 is 0 Å². The van der Waals surface area contributed by atoms with Crippen LogP contribution in [0.3, 0.4) is 0 Å². The van der Waals surface area contributed by atoms with Crippen LogP contribution in [0.2, 0.25) is 0 Å². The van der Waals surface area contributed by atoms with Crippen molar-refractivity contribution in [1.29, 1.82) is 0 Å². The predicted octanol–water partition coefficient (Wildman–Crippen LogP) is 5.06. The minimum Gasteiger partial charge on any atom is -0.347 e. The molecule has 1 N–H and O–H groups in total. The van der Waals surface area contributed by atoms with E-state index in [0.717, 1.165) is 46.3 Å². The van der Waals surface area contributed by atoms with Gasteiger partial charge in [-0.25, -0.2) is 0 Å². The first-order valence-electron chi connectivity index (χ1n) is 13.6. The number of aryl methyl sites for hydroxylation is 2. The van der Waals surface area contributed by atoms with Crippen LogP contribution in [0, 0.1) is 19.8 Å². The van der Waals surface area contributed by atoms with Crippen molar-refractivity contribution in [3.05, 3.63) is 87.6 Å². The summed E-state index contributed by atoms with van der Waals surface area (Å²) in [7, 11) is 3.99. The van der Waals surface area contributed by atoms with Crippen molar-refractivity contribution in [2.24, 2.45) is 5.92 Å². The molecule has 0 aliphatic carbocycles. The molecule has 3 aromatic rings. The van der Waals surface area contributed by atoms with E-state index in [4.69, 9.17) is 0 Å². The number of hydrogen-bond acceptors (Lipinski definition) is 5. The summed E-state index contributed by atoms with van der Waals surface area (Å²) >= 11 is 0. The van der Waals surface area contributed by atoms with Gasteiger partial charge in [-0.2, -0.15) is 0 Å². The van der Waals surface area contributed by atoms with Gasteiger partial charge in [0, 0.05) is 43.2 Å². The fourth-order valence-corrected chi connectivity index (χ4v) is 4.95. The summed E-state index contributed by atoms with van der Waals surface area (Å²) in [6, 6.07) is 10.4. The van der Waals surface area contributed by atoms with Gasteiger partial charge >= 0.3 is 0 Å². The lowest BCUT2D eigenvalue weighted by molar-refractivity contribution is -0.126. The number of nitrogens with zero attached hydrogens (tertiary/aromatic N) is 3. The number of benzene rings is 1. The highest BCUT2D eigenvalue weighted by Crippen LogP contribution is 2.29. The number of rotatable bonds is 12. The molecule has 39 heavy (non-hydrogen) atoms. The summed E-state index contributed by atoms with van der Waals surface area (Å²) in [5.74, 6) is -0.141. The third kappa shape index (κ3) is 8.20. The Bertz CT molecular complexity index is 1340. The number of nitrogens with one attached hydrogen (secondary N) is 1. The lowest BCUT2D eigenvalue weighted by Gasteiger charge is -2.25. The predicted molar refractivity (Wildman–Crippen MR) is 157 cm³/mol. The molecule has 1 unspecified atom stereocenters. The van der Waals surface area contributed by atoms with Crippen LogP contribution >= 0.6 is 0 Å². The van der Waals surface area contributed by atoms with Gasteiger partial charge in [-0.15, -0.1) is 0 Å². The van der Waals surface area contributed by atoms with Gasteiger partial charge in [0.05, 0.1) is 6.04 Å². The molecule has 1 aromatic carbocycles. The van der Waals surface area contributed by atoms with Gasteiger partial charge in [-0.3, -0.25) is 19.4 Å². The number of amides is 1. The van der Waals surface area contributed by atoms with Crippen LogP contribution in [0.1, 0.15) is 68.0 Å². The highest BCUT2D eigenvalue weighted by atomic mass is 16.2. The number of carbonyl (C=O) groups excluding carboxylic acids is 2. The Morgan fingerprint density at radius 1 is 1.05 bits per heavy atom. The molecule has 7 heteroatoms. The summed E-state index contributed by atoms with van der Waals surface area (Å²) in [5.41, 5.74) is 5.80. The van der Waals surface area contributed by atoms with Gasteiger partial charge in [0.2, 0.25) is 5.91 Å². The normalized spacial score (nSPS) is 12.9. The van der Waals surface area contributed by atoms with Crippen LogP contribution in [0.15, 0.2) is 59.8 Å². The summed E-state index contributed by atoms with van der Waals surface area (Å²) in [6.07, 6.45) is 6.63. The van der Waals surface area contributed by atoms with Crippen molar-refractivity contribution >= 4 is 11.7 Å². The van der Waals surface area contributed by atoms with E-state index in [2.05, 4.69) is 41.2 Å². The first-order chi connectivity index (χ1) is 18.5. The van der Waals surface area contributed by atoms with Crippen molar-refractivity contribution in [3.63, 3.8) is 0 Å². The highest BCUT2D eigenvalue weighted by Gasteiger charge is 2.27. The molecular weight excluding hydrogens is 488 g/mol. The van der Waals surface area contributed by atoms with E-state index in [1.807, 2.05) is 52.3 Å². The van der Waals surface area contributed by atoms with Crippen LogP contribution in [0.5, 0.6) is 0 Å². The van der Waals surface area contributed by atoms with Gasteiger partial charge in [0.1, 0.15) is 11.8 Å². The quantitative estimate of drug-likeness (QED) is 0.354. The molecular formula is C32H42N4O3. The Morgan fingerprint density at radius 2 is 1.74 bits per heavy atom. The van der Waals surface area contributed by atoms with E-state index in [0.29, 0.717) is 6.42 Å². The largest absolute Gasteiger partial charge is 0.347 e. The Hall–Kier alpha value is -3.58. The molecule has 7 nitrogen and oxygen atoms in total. The Labute approximate surface area is 232 Å². The maximum atomic E-state index is 13.8. The van der Waals surface area contributed by atoms with E-state index in [-0.39, 0.29) is 29.6 Å². The second kappa shape index (κ2) is 13.5. The zero-order valence-corrected chi connectivity index (χ0v) is 24.3. The average molecular weight is 531 g/mol. The summed E-state index contributed by atoms with van der Waals surface area (Å²) in [6.45, 7) is 10.5. The lowest BCUT2D eigenvalue weighted by Crippen LogP contribution is -2.40. The van der Waals surface area contributed by atoms with Gasteiger partial charge in [0.25, 0.3) is 5.56 Å². The molecule has 208 valence electrons. The van der Waals surface area contributed by atoms with Gasteiger partial charge in [-0.05, 0) is 93.6 Å². The van der Waals surface area contributed by atoms with E-state index in [1.165, 1.54) is 11.5 Å². The Morgan fingerprint density at radius 3 is 2.33 bits per heavy atom. The smallest absolute Gasteiger partial charge is 0.251 e. The maximum Gasteiger partial charge on any atom is 0.251 e. The molecule has 3 rings (SSSR count). The number of hydrogen-bond donors (Lipinski definition) is 1. The van der Waals surface area contributed by atoms with Crippen molar-refractivity contribution in [1.82, 2.24) is 19.8 Å². The monoisotopic (exact) mass is 530 g/mol. The molecule has 0 bridgehead atoms. The molecule has 0 radical (unpaired) electrons. The second-order valence-corrected chi connectivity index (χ2v) is 11.2. The minimum atomic E-state index is -0.690. The molecule has 1 amide bonds. The van der Waals surface area contributed by atoms with Crippen molar-refractivity contribution in [3.8, 4) is 11.1 Å². The molecule has 0 fully saturated rings. The summed E-state index contributed by atoms with van der Waals surface area (Å²) < 4.78 is 1.52. The van der Waals surface area contributed by atoms with Crippen LogP contribution in [0.25, 0.3) is 11.1 Å². The molecule has 0 spiro atoms. The van der Waals surface area contributed by atoms with E-state index in [1.54, 1.807) is 18.5 Å². The Balaban J connectivity index is 1.94. The maximum absolute atomic E-state index is 13.8. The molecule has 2 heterocycles. The molecule has 2 atom stereocenters. The van der Waals surface area contributed by atoms with Crippen molar-refractivity contribution < 1.29 is 9.59 Å². The average Bonchev–Trinajstić information content (AvgIpc) is 2.85. The topological polar surface area (TPSA) is 84.3 Å². The third-order valence-electron chi connectivity index (χ3n) is 6.93. The van der Waals surface area contributed by atoms with E-state index < -0.39 is 12.1 Å². The number of ketones is 1. The highest BCUT2D eigenvalue weighted by molar-refractivity contribution is 5.83. The van der Waals surface area contributed by atoms with Crippen molar-refractivity contribution in [2.45, 2.75) is 66.0 Å². The number of pyridine rings is 2. The number of likely N-dealkylation sites (N-methyl/N-ethyl adjacent to an activating group) is 1. The first-order valence-corrected chi connectivity index (χ1v) is 13.6. The van der Waals surface area contributed by atoms with Gasteiger partial charge < -0.3 is 14.8 Å². The van der Waals surface area contributed by atoms with Crippen LogP contribution < -0.4 is 10.9 Å². The van der Waals surface area contributed by atoms with Gasteiger partial charge in [0.15, 0.2) is 0 Å². The fraction of sp³-hybridized carbons (Fsp3) is 0.438. The minimum absolute atomic E-state index is 0.0411. The van der Waals surface area contributed by atoms with Crippen LogP contribution in [0.4, 0.5) is 0 Å². The van der Waals surface area contributed by atoms with Crippen LogP contribution in [-0.2, 0) is 16.0 Å². The first kappa shape index (κ1) is 30.0. The number of carbonyl (C=O) groups is 2. The van der Waals surface area contributed by atoms with Crippen molar-refractivity contribution in [2.75, 3.05) is 20.6 Å². The fourth-order valence-electron chi connectivity index (χ4n) is 4.95. The van der Waals surface area contributed by atoms with Crippen LogP contribution in [-0.4, -0.2) is 46.8 Å². The summed E-state index contributed by atoms with van der Waals surface area (Å²) in [4.78, 5) is 45.7. The lowest BCUT2D eigenvalue weighted by atomic mass is 9.94. The standard InChI is InChI=1S/C32H42N4O3/c1-21(2)15-29(36-14-12-25(17-30(36)38)11-13-35(6)7)32(39)34-28(16-24(5)37)26-18-27(20-33-19-26)31-22(3)9-8-10-23(31)4/h8-10,12,14,17-21,28-29H,11,13,15-16H2,1-7H3,(H,34,39)/t28-,29?/m0/s1. The SMILES string of the molecule is CC(=O)C[C@H](NC(=O)C(CC(C)C)n1ccc(CCN(C)C)cc1=O)c1cncc(-c2c(C)cccc2C)c1. The van der Waals surface area contributed by atoms with Gasteiger partial charge in [-0.1, -0.05) is 32.0 Å². The number of aromatic nitrogens is 2.